The van der Waals surface area contributed by atoms with Crippen LogP contribution >= 0.6 is 0 Å². The summed E-state index contributed by atoms with van der Waals surface area (Å²) in [5.41, 5.74) is 0. The lowest BCUT2D eigenvalue weighted by Crippen LogP contribution is -2.47. The van der Waals surface area contributed by atoms with Crippen LogP contribution in [0.15, 0.2) is 24.9 Å². The number of nitrogens with one attached hydrogen (secondary N) is 2. The standard InChI is InChI=1S/C12H19N5O/c1-4-12(18)14-10-8-17(7-9(10)13-2)11-5-6-16(3)15-11/h4-6,9-10,13H,1,7-8H2,2-3H3,(H,14,18)/t9-,10+/m1/s1. The van der Waals surface area contributed by atoms with Crippen molar-refractivity contribution in [1.82, 2.24) is 20.4 Å². The third kappa shape index (κ3) is 2.53. The van der Waals surface area contributed by atoms with Crippen molar-refractivity contribution in [2.24, 2.45) is 7.05 Å². The molecule has 0 spiro atoms. The number of anilines is 1. The summed E-state index contributed by atoms with van der Waals surface area (Å²) in [5.74, 6) is 0.802. The predicted molar refractivity (Wildman–Crippen MR) is 70.4 cm³/mol. The van der Waals surface area contributed by atoms with Crippen LogP contribution in [0, 0.1) is 0 Å². The van der Waals surface area contributed by atoms with Gasteiger partial charge >= 0.3 is 0 Å². The molecule has 0 aromatic carbocycles. The third-order valence-electron chi connectivity index (χ3n) is 3.23. The van der Waals surface area contributed by atoms with Crippen LogP contribution in [0.5, 0.6) is 0 Å². The Morgan fingerprint density at radius 3 is 2.83 bits per heavy atom. The van der Waals surface area contributed by atoms with E-state index < -0.39 is 0 Å². The summed E-state index contributed by atoms with van der Waals surface area (Å²) in [6.45, 7) is 5.05. The Balaban J connectivity index is 2.05. The molecule has 0 saturated carbocycles. The molecule has 6 nitrogen and oxygen atoms in total. The number of carbonyl (C=O) groups is 1. The van der Waals surface area contributed by atoms with Crippen molar-refractivity contribution in [2.75, 3.05) is 25.0 Å². The summed E-state index contributed by atoms with van der Waals surface area (Å²) in [4.78, 5) is 13.5. The van der Waals surface area contributed by atoms with Gasteiger partial charge in [0.2, 0.25) is 5.91 Å². The Hall–Kier alpha value is -1.82. The molecular weight excluding hydrogens is 230 g/mol. The van der Waals surface area contributed by atoms with Crippen LogP contribution in [0.25, 0.3) is 0 Å². The van der Waals surface area contributed by atoms with E-state index in [1.54, 1.807) is 4.68 Å². The van der Waals surface area contributed by atoms with Gasteiger partial charge in [-0.15, -0.1) is 0 Å². The lowest BCUT2D eigenvalue weighted by Gasteiger charge is -2.17. The number of carbonyl (C=O) groups excluding carboxylic acids is 1. The fourth-order valence-corrected chi connectivity index (χ4v) is 2.24. The largest absolute Gasteiger partial charge is 0.351 e. The van der Waals surface area contributed by atoms with Gasteiger partial charge in [0.1, 0.15) is 0 Å². The molecule has 0 radical (unpaired) electrons. The van der Waals surface area contributed by atoms with E-state index in [4.69, 9.17) is 0 Å². The average Bonchev–Trinajstić information content (AvgIpc) is 2.95. The smallest absolute Gasteiger partial charge is 0.243 e. The molecular formula is C12H19N5O. The first-order chi connectivity index (χ1) is 8.63. The van der Waals surface area contributed by atoms with Gasteiger partial charge in [-0.2, -0.15) is 5.10 Å². The SMILES string of the molecule is C=CC(=O)N[C@H]1CN(c2ccn(C)n2)C[C@H]1NC. The topological polar surface area (TPSA) is 62.2 Å². The molecule has 1 aliphatic rings. The number of amides is 1. The summed E-state index contributed by atoms with van der Waals surface area (Å²) in [5, 5.41) is 10.5. The Morgan fingerprint density at radius 2 is 2.28 bits per heavy atom. The van der Waals surface area contributed by atoms with Crippen LogP contribution in [0.2, 0.25) is 0 Å². The highest BCUT2D eigenvalue weighted by atomic mass is 16.1. The molecule has 0 unspecified atom stereocenters. The molecule has 1 aromatic rings. The summed E-state index contributed by atoms with van der Waals surface area (Å²) in [6, 6.07) is 2.27. The van der Waals surface area contributed by atoms with Crippen molar-refractivity contribution < 1.29 is 4.79 Å². The lowest BCUT2D eigenvalue weighted by molar-refractivity contribution is -0.117. The van der Waals surface area contributed by atoms with Crippen molar-refractivity contribution >= 4 is 11.7 Å². The average molecular weight is 249 g/mol. The number of hydrogen-bond donors (Lipinski definition) is 2. The molecule has 98 valence electrons. The second kappa shape index (κ2) is 5.22. The molecule has 2 rings (SSSR count). The molecule has 18 heavy (non-hydrogen) atoms. The highest BCUT2D eigenvalue weighted by molar-refractivity contribution is 5.87. The minimum atomic E-state index is -0.136. The number of nitrogens with zero attached hydrogens (tertiary/aromatic N) is 3. The zero-order valence-corrected chi connectivity index (χ0v) is 10.8. The maximum Gasteiger partial charge on any atom is 0.243 e. The Labute approximate surface area is 107 Å². The summed E-state index contributed by atoms with van der Waals surface area (Å²) in [7, 11) is 3.80. The second-order valence-corrected chi connectivity index (χ2v) is 4.47. The predicted octanol–water partition coefficient (Wildman–Crippen LogP) is -0.501. The number of hydrogen-bond acceptors (Lipinski definition) is 4. The quantitative estimate of drug-likeness (QED) is 0.706. The highest BCUT2D eigenvalue weighted by Gasteiger charge is 2.33. The van der Waals surface area contributed by atoms with Gasteiger partial charge in [-0.25, -0.2) is 0 Å². The Bertz CT molecular complexity index is 441. The van der Waals surface area contributed by atoms with Crippen LogP contribution < -0.4 is 15.5 Å². The van der Waals surface area contributed by atoms with Crippen LogP contribution in [-0.4, -0.2) is 47.9 Å². The number of rotatable bonds is 4. The maximum absolute atomic E-state index is 11.4. The normalized spacial score (nSPS) is 23.1. The van der Waals surface area contributed by atoms with Crippen LogP contribution in [0.1, 0.15) is 0 Å². The fraction of sp³-hybridized carbons (Fsp3) is 0.500. The van der Waals surface area contributed by atoms with Gasteiger partial charge in [-0.3, -0.25) is 9.48 Å². The lowest BCUT2D eigenvalue weighted by atomic mass is 10.2. The van der Waals surface area contributed by atoms with E-state index in [-0.39, 0.29) is 18.0 Å². The summed E-state index contributed by atoms with van der Waals surface area (Å²) < 4.78 is 1.78. The fourth-order valence-electron chi connectivity index (χ4n) is 2.24. The van der Waals surface area contributed by atoms with E-state index in [9.17, 15) is 4.79 Å². The molecule has 2 heterocycles. The van der Waals surface area contributed by atoms with Crippen molar-refractivity contribution in [1.29, 1.82) is 0 Å². The van der Waals surface area contributed by atoms with Crippen molar-refractivity contribution in [3.05, 3.63) is 24.9 Å². The van der Waals surface area contributed by atoms with Gasteiger partial charge < -0.3 is 15.5 Å². The molecule has 0 bridgehead atoms. The zero-order valence-electron chi connectivity index (χ0n) is 10.8. The van der Waals surface area contributed by atoms with Gasteiger partial charge in [-0.1, -0.05) is 6.58 Å². The molecule has 2 atom stereocenters. The van der Waals surface area contributed by atoms with Gasteiger partial charge in [0, 0.05) is 38.4 Å². The monoisotopic (exact) mass is 249 g/mol. The number of aryl methyl sites for hydroxylation is 1. The van der Waals surface area contributed by atoms with Crippen LogP contribution in [-0.2, 0) is 11.8 Å². The van der Waals surface area contributed by atoms with Crippen LogP contribution in [0.3, 0.4) is 0 Å². The van der Waals surface area contributed by atoms with Gasteiger partial charge in [0.05, 0.1) is 6.04 Å². The van der Waals surface area contributed by atoms with Crippen molar-refractivity contribution in [3.8, 4) is 0 Å². The van der Waals surface area contributed by atoms with E-state index in [2.05, 4.69) is 27.2 Å². The van der Waals surface area contributed by atoms with Crippen LogP contribution in [0.4, 0.5) is 5.82 Å². The first-order valence-corrected chi connectivity index (χ1v) is 5.99. The van der Waals surface area contributed by atoms with E-state index in [1.807, 2.05) is 26.4 Å². The minimum Gasteiger partial charge on any atom is -0.351 e. The Kier molecular flexibility index (Phi) is 3.66. The Morgan fingerprint density at radius 1 is 1.56 bits per heavy atom. The number of aromatic nitrogens is 2. The molecule has 6 heteroatoms. The molecule has 1 aliphatic heterocycles. The van der Waals surface area contributed by atoms with Crippen molar-refractivity contribution in [3.63, 3.8) is 0 Å². The molecule has 1 amide bonds. The van der Waals surface area contributed by atoms with Crippen molar-refractivity contribution in [2.45, 2.75) is 12.1 Å². The highest BCUT2D eigenvalue weighted by Crippen LogP contribution is 2.18. The van der Waals surface area contributed by atoms with Gasteiger partial charge in [0.25, 0.3) is 0 Å². The zero-order chi connectivity index (χ0) is 13.1. The van der Waals surface area contributed by atoms with E-state index in [1.165, 1.54) is 6.08 Å². The summed E-state index contributed by atoms with van der Waals surface area (Å²) in [6.07, 6.45) is 3.22. The molecule has 1 fully saturated rings. The van der Waals surface area contributed by atoms with E-state index in [0.29, 0.717) is 0 Å². The third-order valence-corrected chi connectivity index (χ3v) is 3.23. The second-order valence-electron chi connectivity index (χ2n) is 4.47. The summed E-state index contributed by atoms with van der Waals surface area (Å²) >= 11 is 0. The molecule has 1 aromatic heterocycles. The van der Waals surface area contributed by atoms with E-state index in [0.717, 1.165) is 18.9 Å². The van der Waals surface area contributed by atoms with E-state index >= 15 is 0 Å². The van der Waals surface area contributed by atoms with Gasteiger partial charge in [0.15, 0.2) is 5.82 Å². The molecule has 2 N–H and O–H groups in total. The minimum absolute atomic E-state index is 0.0718. The van der Waals surface area contributed by atoms with Gasteiger partial charge in [-0.05, 0) is 13.1 Å². The molecule has 1 saturated heterocycles. The molecule has 0 aliphatic carbocycles. The maximum atomic E-state index is 11.4. The first kappa shape index (κ1) is 12.6. The first-order valence-electron chi connectivity index (χ1n) is 5.99. The number of likely N-dealkylation sites (N-methyl/N-ethyl adjacent to an activating group) is 1.